The zero-order valence-corrected chi connectivity index (χ0v) is 7.42. The Hall–Kier alpha value is -0.790. The van der Waals surface area contributed by atoms with Crippen molar-refractivity contribution in [3.05, 3.63) is 12.2 Å². The maximum atomic E-state index is 4.52. The van der Waals surface area contributed by atoms with Crippen LogP contribution >= 0.6 is 0 Å². The van der Waals surface area contributed by atoms with E-state index in [0.29, 0.717) is 0 Å². The van der Waals surface area contributed by atoms with Crippen molar-refractivity contribution in [1.29, 1.82) is 0 Å². The van der Waals surface area contributed by atoms with Crippen molar-refractivity contribution in [2.75, 3.05) is 7.11 Å². The van der Waals surface area contributed by atoms with Crippen LogP contribution in [-0.2, 0) is 4.84 Å². The minimum atomic E-state index is 1.00. The molecular formula is C9H17NO. The maximum absolute atomic E-state index is 4.52. The molecule has 0 bridgehead atoms. The standard InChI is InChI=1S/C9H17NO/c1-3-4-5-6-7-8-9-10-11-2/h4-5,9H,3,6-8H2,1-2H3/b5-4+,10-9-. The van der Waals surface area contributed by atoms with Crippen LogP contribution in [-0.4, -0.2) is 13.3 Å². The van der Waals surface area contributed by atoms with Gasteiger partial charge in [-0.2, -0.15) is 0 Å². The highest BCUT2D eigenvalue weighted by Crippen LogP contribution is 1.95. The van der Waals surface area contributed by atoms with Crippen LogP contribution in [0.4, 0.5) is 0 Å². The Balaban J connectivity index is 3.02. The quantitative estimate of drug-likeness (QED) is 0.250. The largest absolute Gasteiger partial charge is 0.399 e. The van der Waals surface area contributed by atoms with Gasteiger partial charge in [0.25, 0.3) is 0 Å². The number of hydrogen-bond donors (Lipinski definition) is 0. The molecular weight excluding hydrogens is 138 g/mol. The van der Waals surface area contributed by atoms with E-state index < -0.39 is 0 Å². The molecule has 0 saturated heterocycles. The average molecular weight is 155 g/mol. The van der Waals surface area contributed by atoms with E-state index in [1.54, 1.807) is 13.3 Å². The highest BCUT2D eigenvalue weighted by Gasteiger charge is 1.79. The molecule has 64 valence electrons. The summed E-state index contributed by atoms with van der Waals surface area (Å²) in [7, 11) is 1.56. The summed E-state index contributed by atoms with van der Waals surface area (Å²) in [5, 5.41) is 3.64. The van der Waals surface area contributed by atoms with Gasteiger partial charge in [0, 0.05) is 6.21 Å². The summed E-state index contributed by atoms with van der Waals surface area (Å²) in [5.41, 5.74) is 0. The van der Waals surface area contributed by atoms with Gasteiger partial charge in [0.2, 0.25) is 0 Å². The molecule has 0 heterocycles. The van der Waals surface area contributed by atoms with Crippen molar-refractivity contribution in [1.82, 2.24) is 0 Å². The lowest BCUT2D eigenvalue weighted by atomic mass is 10.2. The van der Waals surface area contributed by atoms with Gasteiger partial charge in [-0.1, -0.05) is 24.2 Å². The van der Waals surface area contributed by atoms with Crippen molar-refractivity contribution in [3.63, 3.8) is 0 Å². The van der Waals surface area contributed by atoms with E-state index in [-0.39, 0.29) is 0 Å². The summed E-state index contributed by atoms with van der Waals surface area (Å²) >= 11 is 0. The predicted octanol–water partition coefficient (Wildman–Crippen LogP) is 2.76. The molecule has 0 aromatic carbocycles. The summed E-state index contributed by atoms with van der Waals surface area (Å²) in [6.07, 6.45) is 10.6. The van der Waals surface area contributed by atoms with Crippen molar-refractivity contribution < 1.29 is 4.84 Å². The van der Waals surface area contributed by atoms with Crippen LogP contribution < -0.4 is 0 Å². The van der Waals surface area contributed by atoms with Gasteiger partial charge in [0.05, 0.1) is 0 Å². The summed E-state index contributed by atoms with van der Waals surface area (Å²) in [4.78, 5) is 4.52. The third-order valence-corrected chi connectivity index (χ3v) is 1.29. The van der Waals surface area contributed by atoms with Crippen molar-refractivity contribution >= 4 is 6.21 Å². The molecule has 0 saturated carbocycles. The van der Waals surface area contributed by atoms with E-state index >= 15 is 0 Å². The van der Waals surface area contributed by atoms with Crippen molar-refractivity contribution in [3.8, 4) is 0 Å². The van der Waals surface area contributed by atoms with E-state index in [0.717, 1.165) is 25.7 Å². The average Bonchev–Trinajstić information content (AvgIpc) is 2.03. The van der Waals surface area contributed by atoms with Gasteiger partial charge in [0.1, 0.15) is 7.11 Å². The van der Waals surface area contributed by atoms with Gasteiger partial charge in [0.15, 0.2) is 0 Å². The third kappa shape index (κ3) is 9.21. The fourth-order valence-electron chi connectivity index (χ4n) is 0.739. The lowest BCUT2D eigenvalue weighted by Gasteiger charge is -1.88. The van der Waals surface area contributed by atoms with Gasteiger partial charge in [-0.3, -0.25) is 0 Å². The first-order valence-electron chi connectivity index (χ1n) is 4.11. The molecule has 0 aromatic rings. The first-order chi connectivity index (χ1) is 5.41. The molecule has 0 fully saturated rings. The third-order valence-electron chi connectivity index (χ3n) is 1.29. The van der Waals surface area contributed by atoms with E-state index in [9.17, 15) is 0 Å². The molecule has 0 atom stereocenters. The molecule has 2 heteroatoms. The highest BCUT2D eigenvalue weighted by molar-refractivity contribution is 5.56. The lowest BCUT2D eigenvalue weighted by Crippen LogP contribution is -1.77. The fourth-order valence-corrected chi connectivity index (χ4v) is 0.739. The number of allylic oxidation sites excluding steroid dienone is 2. The van der Waals surface area contributed by atoms with Crippen LogP contribution in [0.25, 0.3) is 0 Å². The van der Waals surface area contributed by atoms with Gasteiger partial charge in [-0.25, -0.2) is 0 Å². The summed E-state index contributed by atoms with van der Waals surface area (Å²) in [6, 6.07) is 0. The van der Waals surface area contributed by atoms with E-state index in [2.05, 4.69) is 29.1 Å². The molecule has 0 spiro atoms. The Bertz CT molecular complexity index is 105. The highest BCUT2D eigenvalue weighted by atomic mass is 16.6. The Morgan fingerprint density at radius 3 is 2.73 bits per heavy atom. The van der Waals surface area contributed by atoms with Crippen LogP contribution in [0.1, 0.15) is 32.6 Å². The molecule has 11 heavy (non-hydrogen) atoms. The molecule has 2 nitrogen and oxygen atoms in total. The summed E-state index contributed by atoms with van der Waals surface area (Å²) in [5.74, 6) is 0. The van der Waals surface area contributed by atoms with Gasteiger partial charge in [-0.05, 0) is 25.7 Å². The van der Waals surface area contributed by atoms with Crippen LogP contribution in [0.5, 0.6) is 0 Å². The van der Waals surface area contributed by atoms with Crippen molar-refractivity contribution in [2.45, 2.75) is 32.6 Å². The second-order valence-electron chi connectivity index (χ2n) is 2.28. The molecule has 0 aliphatic heterocycles. The zero-order valence-electron chi connectivity index (χ0n) is 7.42. The molecule has 0 aliphatic rings. The zero-order chi connectivity index (χ0) is 8.36. The SMILES string of the molecule is CC/C=C/CCC/C=N\OC. The minimum absolute atomic E-state index is 1.00. The second kappa shape index (κ2) is 9.21. The summed E-state index contributed by atoms with van der Waals surface area (Å²) in [6.45, 7) is 2.14. The molecule has 0 radical (unpaired) electrons. The van der Waals surface area contributed by atoms with Gasteiger partial charge in [-0.15, -0.1) is 0 Å². The topological polar surface area (TPSA) is 21.6 Å². The second-order valence-corrected chi connectivity index (χ2v) is 2.28. The number of oxime groups is 1. The smallest absolute Gasteiger partial charge is 0.106 e. The van der Waals surface area contributed by atoms with E-state index in [4.69, 9.17) is 0 Å². The molecule has 0 N–H and O–H groups in total. The lowest BCUT2D eigenvalue weighted by molar-refractivity contribution is 0.214. The Kier molecular flexibility index (Phi) is 8.55. The van der Waals surface area contributed by atoms with Crippen LogP contribution in [0.3, 0.4) is 0 Å². The number of rotatable bonds is 6. The Labute approximate surface area is 68.9 Å². The molecule has 0 aromatic heterocycles. The number of nitrogens with zero attached hydrogens (tertiary/aromatic N) is 1. The first-order valence-corrected chi connectivity index (χ1v) is 4.11. The molecule has 0 amide bonds. The molecule has 0 rings (SSSR count). The van der Waals surface area contributed by atoms with Crippen LogP contribution in [0.15, 0.2) is 17.3 Å². The normalized spacial score (nSPS) is 11.5. The van der Waals surface area contributed by atoms with Crippen LogP contribution in [0.2, 0.25) is 0 Å². The predicted molar refractivity (Wildman–Crippen MR) is 48.8 cm³/mol. The Morgan fingerprint density at radius 2 is 2.09 bits per heavy atom. The van der Waals surface area contributed by atoms with E-state index in [1.807, 2.05) is 0 Å². The first kappa shape index (κ1) is 10.2. The van der Waals surface area contributed by atoms with Gasteiger partial charge < -0.3 is 4.84 Å². The number of unbranched alkanes of at least 4 members (excludes halogenated alkanes) is 2. The monoisotopic (exact) mass is 155 g/mol. The summed E-state index contributed by atoms with van der Waals surface area (Å²) < 4.78 is 0. The van der Waals surface area contributed by atoms with E-state index in [1.165, 1.54) is 0 Å². The van der Waals surface area contributed by atoms with Gasteiger partial charge >= 0.3 is 0 Å². The molecule has 0 aliphatic carbocycles. The Morgan fingerprint density at radius 1 is 1.27 bits per heavy atom. The fraction of sp³-hybridized carbons (Fsp3) is 0.667. The molecule has 0 unspecified atom stereocenters. The van der Waals surface area contributed by atoms with Crippen LogP contribution in [0, 0.1) is 0 Å². The number of hydrogen-bond acceptors (Lipinski definition) is 2. The van der Waals surface area contributed by atoms with Crippen molar-refractivity contribution in [2.24, 2.45) is 5.16 Å². The maximum Gasteiger partial charge on any atom is 0.106 e. The minimum Gasteiger partial charge on any atom is -0.399 e.